The summed E-state index contributed by atoms with van der Waals surface area (Å²) in [7, 11) is 0. The second-order valence-electron chi connectivity index (χ2n) is 7.43. The molecule has 2 heterocycles. The normalized spacial score (nSPS) is 18.1. The summed E-state index contributed by atoms with van der Waals surface area (Å²) >= 11 is 12.0. The molecule has 1 aliphatic carbocycles. The second kappa shape index (κ2) is 7.83. The summed E-state index contributed by atoms with van der Waals surface area (Å²) in [4.78, 5) is 25.6. The average Bonchev–Trinajstić information content (AvgIpc) is 3.07. The number of carbonyl (C=O) groups is 1. The van der Waals surface area contributed by atoms with Gasteiger partial charge in [0.2, 0.25) is 0 Å². The van der Waals surface area contributed by atoms with Crippen molar-refractivity contribution in [3.8, 4) is 0 Å². The van der Waals surface area contributed by atoms with Crippen LogP contribution in [-0.4, -0.2) is 15.6 Å². The van der Waals surface area contributed by atoms with E-state index < -0.39 is 11.6 Å². The van der Waals surface area contributed by atoms with E-state index >= 15 is 0 Å². The van der Waals surface area contributed by atoms with Crippen LogP contribution in [0.4, 0.5) is 17.2 Å². The number of benzene rings is 2. The first-order valence-electron chi connectivity index (χ1n) is 9.82. The Hall–Kier alpha value is -3.16. The van der Waals surface area contributed by atoms with Crippen molar-refractivity contribution in [3.05, 3.63) is 85.8 Å². The van der Waals surface area contributed by atoms with Crippen molar-refractivity contribution in [2.24, 2.45) is 10.2 Å². The number of rotatable bonds is 3. The monoisotopic (exact) mass is 453 g/mol. The first kappa shape index (κ1) is 19.8. The molecule has 0 bridgehead atoms. The Morgan fingerprint density at radius 1 is 0.903 bits per heavy atom. The molecule has 9 heteroatoms. The third kappa shape index (κ3) is 3.60. The topological polar surface area (TPSA) is 91.6 Å². The number of fused-ring (bicyclic) bond motifs is 1. The van der Waals surface area contributed by atoms with Gasteiger partial charge in [0.05, 0.1) is 5.69 Å². The summed E-state index contributed by atoms with van der Waals surface area (Å²) in [5, 5.41) is 15.7. The molecule has 0 radical (unpaired) electrons. The Morgan fingerprint density at radius 2 is 1.58 bits per heavy atom. The SMILES string of the molecule is O=C1CCCC2=C1C(c1ccc(Cl)cc1)n1[nH]c(=O)c(N=Nc3ccc(Cl)cc3)c1N2. The van der Waals surface area contributed by atoms with Crippen LogP contribution in [0.5, 0.6) is 0 Å². The number of Topliss-reactive ketones (excluding diaryl/α,β-unsaturated/α-hetero) is 1. The number of azo groups is 1. The number of aromatic amines is 1. The minimum atomic E-state index is -0.469. The van der Waals surface area contributed by atoms with Crippen molar-refractivity contribution in [2.45, 2.75) is 25.3 Å². The van der Waals surface area contributed by atoms with Gasteiger partial charge in [-0.15, -0.1) is 5.11 Å². The first-order chi connectivity index (χ1) is 15.0. The maximum Gasteiger partial charge on any atom is 0.294 e. The van der Waals surface area contributed by atoms with Gasteiger partial charge in [-0.3, -0.25) is 19.4 Å². The smallest absolute Gasteiger partial charge is 0.294 e. The lowest BCUT2D eigenvalue weighted by Crippen LogP contribution is -2.31. The summed E-state index contributed by atoms with van der Waals surface area (Å²) in [6.07, 6.45) is 1.96. The lowest BCUT2D eigenvalue weighted by molar-refractivity contribution is -0.116. The van der Waals surface area contributed by atoms with Crippen LogP contribution in [0.25, 0.3) is 0 Å². The van der Waals surface area contributed by atoms with E-state index in [9.17, 15) is 9.59 Å². The van der Waals surface area contributed by atoms with Crippen molar-refractivity contribution in [1.29, 1.82) is 0 Å². The molecule has 1 unspecified atom stereocenters. The van der Waals surface area contributed by atoms with Gasteiger partial charge in [-0.25, -0.2) is 0 Å². The number of anilines is 1. The van der Waals surface area contributed by atoms with Crippen molar-refractivity contribution < 1.29 is 4.79 Å². The Morgan fingerprint density at radius 3 is 2.29 bits per heavy atom. The molecule has 1 atom stereocenters. The quantitative estimate of drug-likeness (QED) is 0.481. The Balaban J connectivity index is 1.63. The van der Waals surface area contributed by atoms with E-state index in [0.29, 0.717) is 33.5 Å². The number of H-pyrrole nitrogens is 1. The van der Waals surface area contributed by atoms with E-state index in [1.54, 1.807) is 41.1 Å². The summed E-state index contributed by atoms with van der Waals surface area (Å²) in [5.41, 5.74) is 2.65. The number of nitrogens with zero attached hydrogens (tertiary/aromatic N) is 3. The van der Waals surface area contributed by atoms with Gasteiger partial charge in [-0.05, 0) is 54.8 Å². The van der Waals surface area contributed by atoms with Crippen molar-refractivity contribution in [2.75, 3.05) is 5.32 Å². The molecule has 0 saturated heterocycles. The van der Waals surface area contributed by atoms with E-state index in [-0.39, 0.29) is 11.5 Å². The molecule has 5 rings (SSSR count). The van der Waals surface area contributed by atoms with Gasteiger partial charge >= 0.3 is 0 Å². The van der Waals surface area contributed by atoms with Crippen molar-refractivity contribution in [1.82, 2.24) is 9.78 Å². The molecule has 3 aromatic rings. The maximum atomic E-state index is 12.8. The molecule has 1 aliphatic heterocycles. The van der Waals surface area contributed by atoms with Crippen molar-refractivity contribution in [3.63, 3.8) is 0 Å². The van der Waals surface area contributed by atoms with E-state index in [1.807, 2.05) is 12.1 Å². The van der Waals surface area contributed by atoms with Crippen molar-refractivity contribution >= 4 is 46.2 Å². The maximum absolute atomic E-state index is 12.8. The highest BCUT2D eigenvalue weighted by molar-refractivity contribution is 6.30. The van der Waals surface area contributed by atoms with Crippen LogP contribution in [-0.2, 0) is 4.79 Å². The van der Waals surface area contributed by atoms with E-state index in [1.165, 1.54) is 0 Å². The molecule has 2 N–H and O–H groups in total. The van der Waals surface area contributed by atoms with Crippen LogP contribution in [0.15, 0.2) is 74.8 Å². The number of hydrogen-bond donors (Lipinski definition) is 2. The Bertz CT molecular complexity index is 1290. The molecule has 0 fully saturated rings. The highest BCUT2D eigenvalue weighted by Gasteiger charge is 2.37. The molecule has 1 aromatic heterocycles. The molecule has 0 amide bonds. The zero-order valence-electron chi connectivity index (χ0n) is 16.2. The zero-order valence-corrected chi connectivity index (χ0v) is 17.7. The molecule has 7 nitrogen and oxygen atoms in total. The number of nitrogens with one attached hydrogen (secondary N) is 2. The number of ketones is 1. The standard InChI is InChI=1S/C22H17Cl2N5O2/c23-13-6-4-12(5-7-13)20-18-16(2-1-3-17(18)30)25-21-19(22(31)28-29(20)21)27-26-15-10-8-14(24)9-11-15/h4-11,20,25H,1-3H2,(H,28,31). The van der Waals surface area contributed by atoms with Crippen LogP contribution in [0, 0.1) is 0 Å². The van der Waals surface area contributed by atoms with Gasteiger partial charge in [0.1, 0.15) is 6.04 Å². The largest absolute Gasteiger partial charge is 0.342 e. The third-order valence-electron chi connectivity index (χ3n) is 5.44. The molecule has 0 saturated carbocycles. The zero-order chi connectivity index (χ0) is 21.5. The number of hydrogen-bond acceptors (Lipinski definition) is 5. The molecular weight excluding hydrogens is 437 g/mol. The van der Waals surface area contributed by atoms with Gasteiger partial charge in [0.25, 0.3) is 5.56 Å². The lowest BCUT2D eigenvalue weighted by atomic mass is 9.85. The number of allylic oxidation sites excluding steroid dienone is 2. The minimum absolute atomic E-state index is 0.0678. The molecule has 0 spiro atoms. The van der Waals surface area contributed by atoms with Crippen LogP contribution in [0.1, 0.15) is 30.9 Å². The van der Waals surface area contributed by atoms with Gasteiger partial charge in [0.15, 0.2) is 17.3 Å². The summed E-state index contributed by atoms with van der Waals surface area (Å²) in [6.45, 7) is 0. The summed E-state index contributed by atoms with van der Waals surface area (Å²) in [5.74, 6) is 0.550. The first-order valence-corrected chi connectivity index (χ1v) is 10.6. The van der Waals surface area contributed by atoms with Crippen LogP contribution in [0.2, 0.25) is 10.0 Å². The molecule has 2 aliphatic rings. The van der Waals surface area contributed by atoms with Crippen LogP contribution < -0.4 is 10.9 Å². The fraction of sp³-hybridized carbons (Fsp3) is 0.182. The highest BCUT2D eigenvalue weighted by atomic mass is 35.5. The van der Waals surface area contributed by atoms with Gasteiger partial charge in [0, 0.05) is 27.7 Å². The Kier molecular flexibility index (Phi) is 5.00. The summed E-state index contributed by atoms with van der Waals surface area (Å²) < 4.78 is 1.66. The average molecular weight is 454 g/mol. The second-order valence-corrected chi connectivity index (χ2v) is 8.31. The predicted octanol–water partition coefficient (Wildman–Crippen LogP) is 5.92. The van der Waals surface area contributed by atoms with Crippen LogP contribution in [0.3, 0.4) is 0 Å². The van der Waals surface area contributed by atoms with E-state index in [2.05, 4.69) is 20.6 Å². The minimum Gasteiger partial charge on any atom is -0.342 e. The van der Waals surface area contributed by atoms with Gasteiger partial charge in [-0.2, -0.15) is 5.11 Å². The molecule has 156 valence electrons. The van der Waals surface area contributed by atoms with E-state index in [4.69, 9.17) is 23.2 Å². The predicted molar refractivity (Wildman–Crippen MR) is 120 cm³/mol. The molecule has 2 aromatic carbocycles. The van der Waals surface area contributed by atoms with Gasteiger partial charge in [-0.1, -0.05) is 35.3 Å². The van der Waals surface area contributed by atoms with Crippen LogP contribution >= 0.6 is 23.2 Å². The molecular formula is C22H17Cl2N5O2. The molecule has 31 heavy (non-hydrogen) atoms. The van der Waals surface area contributed by atoms with E-state index in [0.717, 1.165) is 24.1 Å². The Labute approximate surface area is 187 Å². The number of carbonyl (C=O) groups excluding carboxylic acids is 1. The lowest BCUT2D eigenvalue weighted by Gasteiger charge is -2.33. The number of aromatic nitrogens is 2. The fourth-order valence-corrected chi connectivity index (χ4v) is 4.26. The third-order valence-corrected chi connectivity index (χ3v) is 5.94. The van der Waals surface area contributed by atoms with Gasteiger partial charge < -0.3 is 5.32 Å². The summed E-state index contributed by atoms with van der Waals surface area (Å²) in [6, 6.07) is 13.6. The number of halogens is 2. The highest BCUT2D eigenvalue weighted by Crippen LogP contribution is 2.42. The fourth-order valence-electron chi connectivity index (χ4n) is 4.00.